The zero-order valence-electron chi connectivity index (χ0n) is 6.89. The van der Waals surface area contributed by atoms with Crippen molar-refractivity contribution in [1.29, 1.82) is 0 Å². The Balaban J connectivity index is 2.06. The van der Waals surface area contributed by atoms with E-state index in [4.69, 9.17) is 4.74 Å². The molecule has 3 nitrogen and oxygen atoms in total. The van der Waals surface area contributed by atoms with Crippen LogP contribution in [0.5, 0.6) is 0 Å². The lowest BCUT2D eigenvalue weighted by atomic mass is 10.00. The molecule has 0 aromatic heterocycles. The van der Waals surface area contributed by atoms with Gasteiger partial charge in [-0.25, -0.2) is 4.79 Å². The van der Waals surface area contributed by atoms with Crippen LogP contribution in [0.25, 0.3) is 0 Å². The van der Waals surface area contributed by atoms with Crippen molar-refractivity contribution < 1.29 is 9.53 Å². The Morgan fingerprint density at radius 2 is 2.36 bits per heavy atom. The van der Waals surface area contributed by atoms with Crippen LogP contribution < -0.4 is 5.32 Å². The fourth-order valence-electron chi connectivity index (χ4n) is 1.91. The largest absolute Gasteiger partial charge is 0.441 e. The number of ether oxygens (including phenoxy) is 1. The van der Waals surface area contributed by atoms with Crippen LogP contribution in [-0.2, 0) is 4.74 Å². The molecule has 0 spiro atoms. The first-order valence-electron chi connectivity index (χ1n) is 4.09. The third-order valence-corrected chi connectivity index (χ3v) is 2.80. The van der Waals surface area contributed by atoms with Gasteiger partial charge in [0.25, 0.3) is 0 Å². The second-order valence-corrected chi connectivity index (χ2v) is 3.88. The molecule has 2 fully saturated rings. The number of nitrogens with one attached hydrogen (secondary N) is 1. The smallest absolute Gasteiger partial charge is 0.407 e. The maximum Gasteiger partial charge on any atom is 0.407 e. The van der Waals surface area contributed by atoms with Crippen molar-refractivity contribution in [1.82, 2.24) is 5.32 Å². The molecule has 3 heteroatoms. The summed E-state index contributed by atoms with van der Waals surface area (Å²) >= 11 is 0. The summed E-state index contributed by atoms with van der Waals surface area (Å²) < 4.78 is 5.19. The van der Waals surface area contributed by atoms with Crippen molar-refractivity contribution in [2.45, 2.75) is 25.9 Å². The van der Waals surface area contributed by atoms with Crippen LogP contribution in [-0.4, -0.2) is 18.2 Å². The van der Waals surface area contributed by atoms with Gasteiger partial charge in [0.15, 0.2) is 0 Å². The van der Waals surface area contributed by atoms with E-state index in [-0.39, 0.29) is 11.7 Å². The van der Waals surface area contributed by atoms with Gasteiger partial charge in [-0.2, -0.15) is 0 Å². The molecule has 62 valence electrons. The summed E-state index contributed by atoms with van der Waals surface area (Å²) in [7, 11) is 0. The molecule has 1 N–H and O–H groups in total. The third-order valence-electron chi connectivity index (χ3n) is 2.80. The number of alkyl carbamates (subject to hydrolysis) is 1. The second-order valence-electron chi connectivity index (χ2n) is 3.88. The van der Waals surface area contributed by atoms with Crippen LogP contribution in [0.3, 0.4) is 0 Å². The zero-order valence-corrected chi connectivity index (χ0v) is 6.89. The minimum Gasteiger partial charge on any atom is -0.441 e. The van der Waals surface area contributed by atoms with Gasteiger partial charge in [0.1, 0.15) is 5.60 Å². The first-order chi connectivity index (χ1) is 5.12. The molecule has 1 saturated heterocycles. The molecule has 2 rings (SSSR count). The molecular formula is C8H13NO2. The summed E-state index contributed by atoms with van der Waals surface area (Å²) in [6.45, 7) is 4.89. The Hall–Kier alpha value is -0.730. The fraction of sp³-hybridized carbons (Fsp3) is 0.875. The lowest BCUT2D eigenvalue weighted by Crippen LogP contribution is -2.32. The molecule has 1 amide bonds. The van der Waals surface area contributed by atoms with Gasteiger partial charge in [0.05, 0.1) is 6.54 Å². The topological polar surface area (TPSA) is 38.3 Å². The summed E-state index contributed by atoms with van der Waals surface area (Å²) in [5, 5.41) is 2.69. The standard InChI is InChI=1S/C8H13NO2/c1-5-3-6(5)8(2)4-9-7(10)11-8/h5-6H,3-4H2,1-2H3,(H,9,10). The van der Waals surface area contributed by atoms with E-state index in [9.17, 15) is 4.79 Å². The van der Waals surface area contributed by atoms with E-state index in [2.05, 4.69) is 12.2 Å². The quantitative estimate of drug-likeness (QED) is 0.616. The van der Waals surface area contributed by atoms with Crippen molar-refractivity contribution in [3.05, 3.63) is 0 Å². The molecule has 1 aliphatic carbocycles. The molecule has 11 heavy (non-hydrogen) atoms. The lowest BCUT2D eigenvalue weighted by molar-refractivity contribution is 0.0504. The third kappa shape index (κ3) is 0.988. The first-order valence-corrected chi connectivity index (χ1v) is 4.09. The van der Waals surface area contributed by atoms with Crippen molar-refractivity contribution in [2.24, 2.45) is 11.8 Å². The van der Waals surface area contributed by atoms with Gasteiger partial charge in [0, 0.05) is 5.92 Å². The summed E-state index contributed by atoms with van der Waals surface area (Å²) in [6.07, 6.45) is 0.942. The van der Waals surface area contributed by atoms with Gasteiger partial charge in [-0.05, 0) is 19.3 Å². The number of rotatable bonds is 1. The maximum atomic E-state index is 10.8. The van der Waals surface area contributed by atoms with Gasteiger partial charge in [0.2, 0.25) is 0 Å². The van der Waals surface area contributed by atoms with Crippen LogP contribution in [0.2, 0.25) is 0 Å². The molecule has 1 saturated carbocycles. The molecule has 0 radical (unpaired) electrons. The molecule has 2 aliphatic rings. The Kier molecular flexibility index (Phi) is 1.20. The van der Waals surface area contributed by atoms with E-state index < -0.39 is 0 Å². The number of amides is 1. The summed E-state index contributed by atoms with van der Waals surface area (Å²) in [6, 6.07) is 0. The fourth-order valence-corrected chi connectivity index (χ4v) is 1.91. The molecule has 1 heterocycles. The van der Waals surface area contributed by atoms with Crippen molar-refractivity contribution in [3.63, 3.8) is 0 Å². The van der Waals surface area contributed by atoms with Gasteiger partial charge in [-0.15, -0.1) is 0 Å². The van der Waals surface area contributed by atoms with Crippen molar-refractivity contribution in [2.75, 3.05) is 6.54 Å². The molecule has 0 aromatic rings. The average Bonchev–Trinajstić information content (AvgIpc) is 2.55. The molecule has 3 atom stereocenters. The van der Waals surface area contributed by atoms with E-state index >= 15 is 0 Å². The minimum absolute atomic E-state index is 0.212. The molecule has 0 aromatic carbocycles. The van der Waals surface area contributed by atoms with Crippen LogP contribution in [0.1, 0.15) is 20.3 Å². The summed E-state index contributed by atoms with van der Waals surface area (Å²) in [5.41, 5.74) is -0.212. The van der Waals surface area contributed by atoms with Gasteiger partial charge >= 0.3 is 6.09 Å². The second kappa shape index (κ2) is 1.90. The van der Waals surface area contributed by atoms with Gasteiger partial charge < -0.3 is 10.1 Å². The molecule has 1 aliphatic heterocycles. The van der Waals surface area contributed by atoms with Crippen LogP contribution in [0.15, 0.2) is 0 Å². The van der Waals surface area contributed by atoms with E-state index in [0.29, 0.717) is 12.5 Å². The van der Waals surface area contributed by atoms with Gasteiger partial charge in [-0.3, -0.25) is 0 Å². The number of carbonyl (C=O) groups excluding carboxylic acids is 1. The van der Waals surface area contributed by atoms with Gasteiger partial charge in [-0.1, -0.05) is 6.92 Å². The molecule has 3 unspecified atom stereocenters. The Bertz CT molecular complexity index is 204. The predicted molar refractivity (Wildman–Crippen MR) is 40.2 cm³/mol. The summed E-state index contributed by atoms with van der Waals surface area (Å²) in [5.74, 6) is 1.31. The maximum absolute atomic E-state index is 10.8. The van der Waals surface area contributed by atoms with E-state index in [1.54, 1.807) is 0 Å². The number of hydrogen-bond donors (Lipinski definition) is 1. The van der Waals surface area contributed by atoms with E-state index in [0.717, 1.165) is 5.92 Å². The monoisotopic (exact) mass is 155 g/mol. The highest BCUT2D eigenvalue weighted by atomic mass is 16.6. The summed E-state index contributed by atoms with van der Waals surface area (Å²) in [4.78, 5) is 10.8. The van der Waals surface area contributed by atoms with Crippen molar-refractivity contribution >= 4 is 6.09 Å². The number of carbonyl (C=O) groups is 1. The van der Waals surface area contributed by atoms with Crippen molar-refractivity contribution in [3.8, 4) is 0 Å². The molecule has 0 bridgehead atoms. The normalized spacial score (nSPS) is 48.4. The number of hydrogen-bond acceptors (Lipinski definition) is 2. The highest BCUT2D eigenvalue weighted by Gasteiger charge is 2.52. The SMILES string of the molecule is CC1CC1C1(C)CNC(=O)O1. The van der Waals surface area contributed by atoms with Crippen LogP contribution in [0.4, 0.5) is 4.79 Å². The predicted octanol–water partition coefficient (Wildman–Crippen LogP) is 1.14. The van der Waals surface area contributed by atoms with E-state index in [1.807, 2.05) is 6.92 Å². The van der Waals surface area contributed by atoms with Crippen LogP contribution >= 0.6 is 0 Å². The minimum atomic E-state index is -0.258. The molecular weight excluding hydrogens is 142 g/mol. The Morgan fingerprint density at radius 1 is 1.73 bits per heavy atom. The van der Waals surface area contributed by atoms with Crippen LogP contribution in [0, 0.1) is 11.8 Å². The number of cyclic esters (lactones) is 1. The Morgan fingerprint density at radius 3 is 2.73 bits per heavy atom. The Labute approximate surface area is 66.1 Å². The highest BCUT2D eigenvalue weighted by Crippen LogP contribution is 2.48. The lowest BCUT2D eigenvalue weighted by Gasteiger charge is -2.20. The first kappa shape index (κ1) is 6.95. The highest BCUT2D eigenvalue weighted by molar-refractivity contribution is 5.70. The average molecular weight is 155 g/mol. The van der Waals surface area contributed by atoms with E-state index in [1.165, 1.54) is 6.42 Å². The zero-order chi connectivity index (χ0) is 8.06.